The number of anilines is 2. The van der Waals surface area contributed by atoms with Crippen molar-refractivity contribution in [3.05, 3.63) is 75.3 Å². The molecule has 0 aliphatic heterocycles. The van der Waals surface area contributed by atoms with E-state index in [2.05, 4.69) is 16.4 Å². The average molecular weight is 371 g/mol. The number of hydrogen-bond donors (Lipinski definition) is 1. The van der Waals surface area contributed by atoms with Crippen molar-refractivity contribution in [1.29, 1.82) is 5.26 Å². The highest BCUT2D eigenvalue weighted by atomic mass is 16.6. The largest absolute Gasteiger partial charge is 0.341 e. The number of nitro benzene ring substituents is 1. The molecular weight excluding hydrogens is 354 g/mol. The molecule has 0 saturated carbocycles. The summed E-state index contributed by atoms with van der Waals surface area (Å²) in [4.78, 5) is 15.4. The molecule has 0 saturated heterocycles. The fraction of sp³-hybridized carbons (Fsp3) is 0.143. The van der Waals surface area contributed by atoms with Gasteiger partial charge in [-0.3, -0.25) is 14.5 Å². The molecule has 0 spiro atoms. The summed E-state index contributed by atoms with van der Waals surface area (Å²) in [7, 11) is 0. The van der Waals surface area contributed by atoms with Crippen LogP contribution in [0.25, 0.3) is 16.7 Å². The van der Waals surface area contributed by atoms with Gasteiger partial charge in [0.25, 0.3) is 5.69 Å². The van der Waals surface area contributed by atoms with E-state index in [4.69, 9.17) is 0 Å². The summed E-state index contributed by atoms with van der Waals surface area (Å²) < 4.78 is 1.93. The normalized spacial score (nSPS) is 10.9. The Labute approximate surface area is 161 Å². The quantitative estimate of drug-likeness (QED) is 0.407. The van der Waals surface area contributed by atoms with Gasteiger partial charge in [-0.2, -0.15) is 5.26 Å². The highest BCUT2D eigenvalue weighted by Crippen LogP contribution is 2.33. The first-order chi connectivity index (χ1) is 13.5. The number of para-hydroxylation sites is 2. The van der Waals surface area contributed by atoms with Crippen molar-refractivity contribution in [2.45, 2.75) is 20.3 Å². The van der Waals surface area contributed by atoms with E-state index in [9.17, 15) is 15.4 Å². The molecule has 138 valence electrons. The third-order valence-electron chi connectivity index (χ3n) is 4.91. The second-order valence-corrected chi connectivity index (χ2v) is 6.48. The first kappa shape index (κ1) is 17.5. The maximum atomic E-state index is 11.1. The topological polar surface area (TPSA) is 96.3 Å². The Kier molecular flexibility index (Phi) is 4.17. The molecule has 1 N–H and O–H groups in total. The van der Waals surface area contributed by atoms with Gasteiger partial charge >= 0.3 is 0 Å². The Balaban J connectivity index is 2.05. The van der Waals surface area contributed by atoms with Crippen LogP contribution in [0, 0.1) is 28.4 Å². The van der Waals surface area contributed by atoms with E-state index in [1.165, 1.54) is 12.1 Å². The number of aromatic nitrogens is 2. The molecule has 2 aromatic heterocycles. The number of nitriles is 1. The lowest BCUT2D eigenvalue weighted by Gasteiger charge is -2.18. The van der Waals surface area contributed by atoms with Gasteiger partial charge in [0.15, 0.2) is 5.65 Å². The van der Waals surface area contributed by atoms with E-state index in [1.807, 2.05) is 42.5 Å². The predicted molar refractivity (Wildman–Crippen MR) is 108 cm³/mol. The minimum absolute atomic E-state index is 0.0140. The number of imidazole rings is 1. The molecule has 2 aromatic carbocycles. The predicted octanol–water partition coefficient (Wildman–Crippen LogP) is 4.88. The summed E-state index contributed by atoms with van der Waals surface area (Å²) in [5, 5.41) is 24.2. The highest BCUT2D eigenvalue weighted by molar-refractivity contribution is 5.87. The minimum Gasteiger partial charge on any atom is -0.341 e. The molecule has 4 aromatic rings. The number of fused-ring (bicyclic) bond motifs is 3. The molecule has 28 heavy (non-hydrogen) atoms. The van der Waals surface area contributed by atoms with Gasteiger partial charge in [-0.05, 0) is 42.7 Å². The van der Waals surface area contributed by atoms with Crippen molar-refractivity contribution in [3.8, 4) is 6.07 Å². The van der Waals surface area contributed by atoms with E-state index in [0.29, 0.717) is 23.3 Å². The number of pyridine rings is 1. The van der Waals surface area contributed by atoms with Crippen LogP contribution in [0.2, 0.25) is 0 Å². The number of rotatable bonds is 4. The van der Waals surface area contributed by atoms with Crippen molar-refractivity contribution in [1.82, 2.24) is 9.38 Å². The summed E-state index contributed by atoms with van der Waals surface area (Å²) in [6.45, 7) is 3.93. The highest BCUT2D eigenvalue weighted by Gasteiger charge is 2.20. The lowest BCUT2D eigenvalue weighted by Crippen LogP contribution is -2.07. The van der Waals surface area contributed by atoms with Gasteiger partial charge in [0.05, 0.1) is 21.5 Å². The van der Waals surface area contributed by atoms with Crippen LogP contribution in [0.15, 0.2) is 48.5 Å². The third-order valence-corrected chi connectivity index (χ3v) is 4.91. The van der Waals surface area contributed by atoms with Crippen LogP contribution in [0.3, 0.4) is 0 Å². The van der Waals surface area contributed by atoms with Crippen molar-refractivity contribution in [2.24, 2.45) is 0 Å². The first-order valence-corrected chi connectivity index (χ1v) is 8.89. The molecule has 0 radical (unpaired) electrons. The molecule has 0 amide bonds. The van der Waals surface area contributed by atoms with Crippen molar-refractivity contribution >= 4 is 33.9 Å². The smallest absolute Gasteiger partial charge is 0.271 e. The van der Waals surface area contributed by atoms with Gasteiger partial charge in [0.1, 0.15) is 11.9 Å². The van der Waals surface area contributed by atoms with Crippen molar-refractivity contribution < 1.29 is 4.92 Å². The van der Waals surface area contributed by atoms with Crippen LogP contribution in [0.5, 0.6) is 0 Å². The maximum absolute atomic E-state index is 11.1. The minimum atomic E-state index is -0.419. The Hall–Kier alpha value is -3.92. The summed E-state index contributed by atoms with van der Waals surface area (Å²) in [5.74, 6) is 0.767. The molecule has 7 heteroatoms. The zero-order chi connectivity index (χ0) is 19.8. The van der Waals surface area contributed by atoms with E-state index >= 15 is 0 Å². The van der Waals surface area contributed by atoms with Crippen LogP contribution >= 0.6 is 0 Å². The zero-order valence-electron chi connectivity index (χ0n) is 15.4. The number of nitro groups is 1. The monoisotopic (exact) mass is 371 g/mol. The molecule has 0 aliphatic rings. The Morgan fingerprint density at radius 3 is 2.75 bits per heavy atom. The molecular formula is C21H17N5O2. The Bertz CT molecular complexity index is 1280. The maximum Gasteiger partial charge on any atom is 0.271 e. The zero-order valence-corrected chi connectivity index (χ0v) is 15.4. The van der Waals surface area contributed by atoms with Crippen LogP contribution in [0.4, 0.5) is 17.2 Å². The van der Waals surface area contributed by atoms with Crippen LogP contribution < -0.4 is 5.32 Å². The van der Waals surface area contributed by atoms with Crippen LogP contribution in [-0.2, 0) is 6.42 Å². The van der Waals surface area contributed by atoms with Crippen LogP contribution in [0.1, 0.15) is 23.6 Å². The van der Waals surface area contributed by atoms with Crippen molar-refractivity contribution in [2.75, 3.05) is 5.32 Å². The van der Waals surface area contributed by atoms with Gasteiger partial charge < -0.3 is 5.32 Å². The third kappa shape index (κ3) is 2.63. The fourth-order valence-corrected chi connectivity index (χ4v) is 3.58. The number of hydrogen-bond acceptors (Lipinski definition) is 5. The molecule has 2 heterocycles. The molecule has 0 bridgehead atoms. The SMILES string of the molecule is CCc1c(C)c(C#N)c2nc3ccccc3n2c1Nc1cccc([N+](=O)[O-])c1. The summed E-state index contributed by atoms with van der Waals surface area (Å²) in [5.41, 5.74) is 5.22. The second-order valence-electron chi connectivity index (χ2n) is 6.48. The van der Waals surface area contributed by atoms with Gasteiger partial charge in [0, 0.05) is 17.8 Å². The second kappa shape index (κ2) is 6.67. The first-order valence-electron chi connectivity index (χ1n) is 8.89. The molecule has 0 unspecified atom stereocenters. The number of nitrogens with one attached hydrogen (secondary N) is 1. The lowest BCUT2D eigenvalue weighted by atomic mass is 10.0. The number of non-ortho nitro benzene ring substituents is 1. The fourth-order valence-electron chi connectivity index (χ4n) is 3.58. The van der Waals surface area contributed by atoms with E-state index in [1.54, 1.807) is 12.1 Å². The number of benzene rings is 2. The Morgan fingerprint density at radius 1 is 1.25 bits per heavy atom. The lowest BCUT2D eigenvalue weighted by molar-refractivity contribution is -0.384. The molecule has 0 atom stereocenters. The average Bonchev–Trinajstić information content (AvgIpc) is 3.07. The van der Waals surface area contributed by atoms with E-state index in [-0.39, 0.29) is 5.69 Å². The summed E-state index contributed by atoms with van der Waals surface area (Å²) in [6, 6.07) is 16.3. The standard InChI is InChI=1S/C21H17N5O2/c1-3-16-13(2)17(12-22)21-24-18-9-4-5-10-19(18)25(21)20(16)23-14-7-6-8-15(11-14)26(27)28/h4-11,23H,3H2,1-2H3. The summed E-state index contributed by atoms with van der Waals surface area (Å²) in [6.07, 6.45) is 0.695. The van der Waals surface area contributed by atoms with E-state index < -0.39 is 4.92 Å². The van der Waals surface area contributed by atoms with E-state index in [0.717, 1.165) is 28.0 Å². The van der Waals surface area contributed by atoms with Crippen molar-refractivity contribution in [3.63, 3.8) is 0 Å². The van der Waals surface area contributed by atoms with Gasteiger partial charge in [-0.1, -0.05) is 25.1 Å². The number of nitrogens with zero attached hydrogens (tertiary/aromatic N) is 4. The molecule has 7 nitrogen and oxygen atoms in total. The molecule has 0 fully saturated rings. The molecule has 0 aliphatic carbocycles. The molecule has 4 rings (SSSR count). The summed E-state index contributed by atoms with van der Waals surface area (Å²) >= 11 is 0. The van der Waals surface area contributed by atoms with Gasteiger partial charge in [-0.25, -0.2) is 4.98 Å². The van der Waals surface area contributed by atoms with Gasteiger partial charge in [-0.15, -0.1) is 0 Å². The van der Waals surface area contributed by atoms with Gasteiger partial charge in [0.2, 0.25) is 0 Å². The van der Waals surface area contributed by atoms with Crippen LogP contribution in [-0.4, -0.2) is 14.3 Å². The Morgan fingerprint density at radius 2 is 2.04 bits per heavy atom.